The van der Waals surface area contributed by atoms with E-state index in [0.717, 1.165) is 35.8 Å². The monoisotopic (exact) mass is 375 g/mol. The summed E-state index contributed by atoms with van der Waals surface area (Å²) in [5.74, 6) is 0. The van der Waals surface area contributed by atoms with Gasteiger partial charge in [0.1, 0.15) is 0 Å². The van der Waals surface area contributed by atoms with Crippen molar-refractivity contribution in [3.63, 3.8) is 0 Å². The molecule has 2 nitrogen and oxygen atoms in total. The van der Waals surface area contributed by atoms with Crippen LogP contribution in [0.3, 0.4) is 0 Å². The molecule has 6 rings (SSSR count). The van der Waals surface area contributed by atoms with Gasteiger partial charge in [0.15, 0.2) is 6.29 Å². The maximum absolute atomic E-state index is 11.8. The highest BCUT2D eigenvalue weighted by Gasteiger charge is 2.19. The summed E-state index contributed by atoms with van der Waals surface area (Å²) < 4.78 is 2.06. The van der Waals surface area contributed by atoms with Crippen LogP contribution < -0.4 is 0 Å². The number of carbonyl (C=O) groups excluding carboxylic acids is 1. The third kappa shape index (κ3) is 2.39. The predicted octanol–water partition coefficient (Wildman–Crippen LogP) is 6.60. The SMILES string of the molecule is O=Cc1cccn2ccc(-c3cc4ccccc4c4ccc5c(c34)CCCC5)c12. The molecule has 29 heavy (non-hydrogen) atoms. The first-order valence-electron chi connectivity index (χ1n) is 10.4. The number of pyridine rings is 1. The molecule has 1 aliphatic carbocycles. The Labute approximate surface area is 169 Å². The Balaban J connectivity index is 1.82. The Morgan fingerprint density at radius 3 is 2.62 bits per heavy atom. The first-order chi connectivity index (χ1) is 14.3. The zero-order valence-corrected chi connectivity index (χ0v) is 16.2. The van der Waals surface area contributed by atoms with Crippen LogP contribution in [-0.4, -0.2) is 10.7 Å². The van der Waals surface area contributed by atoms with Gasteiger partial charge in [-0.25, -0.2) is 0 Å². The highest BCUT2D eigenvalue weighted by molar-refractivity contribution is 6.17. The second kappa shape index (κ2) is 6.31. The van der Waals surface area contributed by atoms with E-state index in [1.54, 1.807) is 0 Å². The van der Waals surface area contributed by atoms with Crippen LogP contribution in [0.4, 0.5) is 0 Å². The molecule has 1 aliphatic rings. The van der Waals surface area contributed by atoms with Crippen molar-refractivity contribution >= 4 is 33.3 Å². The molecule has 0 amide bonds. The smallest absolute Gasteiger partial charge is 0.152 e. The molecule has 0 saturated heterocycles. The van der Waals surface area contributed by atoms with E-state index < -0.39 is 0 Å². The normalized spacial score (nSPS) is 13.8. The van der Waals surface area contributed by atoms with E-state index in [1.165, 1.54) is 51.1 Å². The Kier molecular flexibility index (Phi) is 3.60. The number of fused-ring (bicyclic) bond motifs is 6. The van der Waals surface area contributed by atoms with Gasteiger partial charge in [0.25, 0.3) is 0 Å². The maximum Gasteiger partial charge on any atom is 0.152 e. The molecule has 0 saturated carbocycles. The summed E-state index contributed by atoms with van der Waals surface area (Å²) in [5, 5.41) is 5.24. The Hall–Kier alpha value is -3.39. The van der Waals surface area contributed by atoms with Gasteiger partial charge < -0.3 is 4.40 Å². The lowest BCUT2D eigenvalue weighted by Gasteiger charge is -2.21. The highest BCUT2D eigenvalue weighted by Crippen LogP contribution is 2.41. The van der Waals surface area contributed by atoms with E-state index in [1.807, 2.05) is 18.3 Å². The zero-order valence-electron chi connectivity index (χ0n) is 16.2. The number of rotatable bonds is 2. The van der Waals surface area contributed by atoms with Crippen molar-refractivity contribution in [1.82, 2.24) is 4.40 Å². The van der Waals surface area contributed by atoms with Gasteiger partial charge in [-0.2, -0.15) is 0 Å². The van der Waals surface area contributed by atoms with Gasteiger partial charge >= 0.3 is 0 Å². The molecule has 0 radical (unpaired) electrons. The summed E-state index contributed by atoms with van der Waals surface area (Å²) >= 11 is 0. The van der Waals surface area contributed by atoms with Crippen LogP contribution >= 0.6 is 0 Å². The predicted molar refractivity (Wildman–Crippen MR) is 120 cm³/mol. The number of benzene rings is 3. The standard InChI is InChI=1S/C27H21NO/c29-17-20-8-5-14-28-15-13-24(27(20)28)25-16-19-7-2-3-9-21(19)23-12-11-18-6-1-4-10-22(18)26(23)25/h2-3,5,7-9,11-17H,1,4,6,10H2. The number of aldehydes is 1. The van der Waals surface area contributed by atoms with Crippen LogP contribution in [0.25, 0.3) is 38.2 Å². The molecule has 0 fully saturated rings. The molecule has 5 aromatic rings. The van der Waals surface area contributed by atoms with Crippen molar-refractivity contribution < 1.29 is 4.79 Å². The van der Waals surface area contributed by atoms with Crippen LogP contribution in [-0.2, 0) is 12.8 Å². The van der Waals surface area contributed by atoms with Crippen LogP contribution in [0.5, 0.6) is 0 Å². The third-order valence-corrected chi connectivity index (χ3v) is 6.48. The van der Waals surface area contributed by atoms with Crippen molar-refractivity contribution in [3.05, 3.63) is 89.7 Å². The fourth-order valence-corrected chi connectivity index (χ4v) is 5.18. The molecule has 0 spiro atoms. The Morgan fingerprint density at radius 2 is 1.69 bits per heavy atom. The van der Waals surface area contributed by atoms with E-state index in [2.05, 4.69) is 59.1 Å². The average molecular weight is 375 g/mol. The van der Waals surface area contributed by atoms with Crippen LogP contribution in [0.1, 0.15) is 34.3 Å². The lowest BCUT2D eigenvalue weighted by atomic mass is 9.83. The fraction of sp³-hybridized carbons (Fsp3) is 0.148. The average Bonchev–Trinajstić information content (AvgIpc) is 3.22. The minimum absolute atomic E-state index is 0.735. The molecular weight excluding hydrogens is 354 g/mol. The van der Waals surface area contributed by atoms with Crippen LogP contribution in [0.15, 0.2) is 73.1 Å². The van der Waals surface area contributed by atoms with Gasteiger partial charge in [-0.05, 0) is 88.2 Å². The van der Waals surface area contributed by atoms with Gasteiger partial charge in [0, 0.05) is 23.5 Å². The summed E-state index contributed by atoms with van der Waals surface area (Å²) in [5.41, 5.74) is 7.10. The Morgan fingerprint density at radius 1 is 0.793 bits per heavy atom. The largest absolute Gasteiger partial charge is 0.323 e. The number of aryl methyl sites for hydroxylation is 2. The van der Waals surface area contributed by atoms with Gasteiger partial charge in [-0.15, -0.1) is 0 Å². The summed E-state index contributed by atoms with van der Waals surface area (Å²) in [7, 11) is 0. The fourth-order valence-electron chi connectivity index (χ4n) is 5.18. The van der Waals surface area contributed by atoms with Crippen LogP contribution in [0.2, 0.25) is 0 Å². The molecule has 0 aliphatic heterocycles. The quantitative estimate of drug-likeness (QED) is 0.251. The summed E-state index contributed by atoms with van der Waals surface area (Å²) in [6.07, 6.45) is 9.86. The topological polar surface area (TPSA) is 21.5 Å². The lowest BCUT2D eigenvalue weighted by molar-refractivity contribution is 0.112. The maximum atomic E-state index is 11.8. The Bertz CT molecular complexity index is 1420. The molecule has 0 atom stereocenters. The van der Waals surface area contributed by atoms with E-state index in [-0.39, 0.29) is 0 Å². The van der Waals surface area contributed by atoms with Gasteiger partial charge in [0.05, 0.1) is 5.52 Å². The first-order valence-corrected chi connectivity index (χ1v) is 10.4. The van der Waals surface area contributed by atoms with Crippen molar-refractivity contribution in [2.75, 3.05) is 0 Å². The van der Waals surface area contributed by atoms with E-state index in [9.17, 15) is 4.79 Å². The number of hydrogen-bond donors (Lipinski definition) is 0. The zero-order chi connectivity index (χ0) is 19.4. The van der Waals surface area contributed by atoms with Crippen molar-refractivity contribution in [2.24, 2.45) is 0 Å². The molecule has 3 aromatic carbocycles. The van der Waals surface area contributed by atoms with Gasteiger partial charge in [-0.3, -0.25) is 4.79 Å². The van der Waals surface area contributed by atoms with Gasteiger partial charge in [-0.1, -0.05) is 36.4 Å². The number of hydrogen-bond acceptors (Lipinski definition) is 1. The summed E-state index contributed by atoms with van der Waals surface area (Å²) in [6.45, 7) is 0. The number of nitrogens with zero attached hydrogens (tertiary/aromatic N) is 1. The minimum atomic E-state index is 0.735. The molecular formula is C27H21NO. The molecule has 0 bridgehead atoms. The molecule has 2 heterocycles. The van der Waals surface area contributed by atoms with Gasteiger partial charge in [0.2, 0.25) is 0 Å². The second-order valence-electron chi connectivity index (χ2n) is 8.04. The number of aromatic nitrogens is 1. The third-order valence-electron chi connectivity index (χ3n) is 6.48. The first kappa shape index (κ1) is 16.6. The molecule has 2 aromatic heterocycles. The summed E-state index contributed by atoms with van der Waals surface area (Å²) in [6, 6.07) is 21.6. The van der Waals surface area contributed by atoms with E-state index in [0.29, 0.717) is 0 Å². The van der Waals surface area contributed by atoms with Crippen LogP contribution in [0, 0.1) is 0 Å². The molecule has 0 N–H and O–H groups in total. The van der Waals surface area contributed by atoms with E-state index in [4.69, 9.17) is 0 Å². The number of carbonyl (C=O) groups is 1. The van der Waals surface area contributed by atoms with Crippen molar-refractivity contribution in [2.45, 2.75) is 25.7 Å². The highest BCUT2D eigenvalue weighted by atomic mass is 16.1. The van der Waals surface area contributed by atoms with E-state index >= 15 is 0 Å². The van der Waals surface area contributed by atoms with Crippen molar-refractivity contribution in [1.29, 1.82) is 0 Å². The summed E-state index contributed by atoms with van der Waals surface area (Å²) in [4.78, 5) is 11.8. The molecule has 2 heteroatoms. The van der Waals surface area contributed by atoms with Crippen molar-refractivity contribution in [3.8, 4) is 11.1 Å². The molecule has 0 unspecified atom stereocenters. The second-order valence-corrected chi connectivity index (χ2v) is 8.04. The lowest BCUT2D eigenvalue weighted by Crippen LogP contribution is -2.04. The minimum Gasteiger partial charge on any atom is -0.323 e. The molecule has 140 valence electrons.